The number of hydrogen-bond acceptors (Lipinski definition) is 3. The van der Waals surface area contributed by atoms with Gasteiger partial charge in [-0.05, 0) is 20.9 Å². The van der Waals surface area contributed by atoms with Crippen LogP contribution in [0.25, 0.3) is 0 Å². The maximum absolute atomic E-state index is 11.4. The van der Waals surface area contributed by atoms with Crippen LogP contribution < -0.4 is 5.32 Å². The van der Waals surface area contributed by atoms with Crippen molar-refractivity contribution in [3.8, 4) is 0 Å². The smallest absolute Gasteiger partial charge is 0.223 e. The van der Waals surface area contributed by atoms with Gasteiger partial charge in [0.25, 0.3) is 0 Å². The summed E-state index contributed by atoms with van der Waals surface area (Å²) in [6.45, 7) is 5.99. The molecule has 0 aliphatic carbocycles. The fourth-order valence-electron chi connectivity index (χ4n) is 0.973. The zero-order chi connectivity index (χ0) is 11.0. The van der Waals surface area contributed by atoms with Crippen molar-refractivity contribution in [3.05, 3.63) is 0 Å². The van der Waals surface area contributed by atoms with E-state index in [1.54, 1.807) is 4.90 Å². The Labute approximate surface area is 86.6 Å². The minimum absolute atomic E-state index is 0.159. The van der Waals surface area contributed by atoms with Crippen molar-refractivity contribution in [3.63, 3.8) is 0 Å². The first-order chi connectivity index (χ1) is 6.57. The molecule has 0 saturated carbocycles. The van der Waals surface area contributed by atoms with Crippen LogP contribution in [0.5, 0.6) is 0 Å². The number of amides is 1. The first-order valence-corrected chi connectivity index (χ1v) is 5.08. The highest BCUT2D eigenvalue weighted by molar-refractivity contribution is 5.76. The molecular formula is C10H22N2O2. The van der Waals surface area contributed by atoms with Crippen molar-refractivity contribution in [1.29, 1.82) is 0 Å². The fraction of sp³-hybridized carbons (Fsp3) is 0.900. The second kappa shape index (κ2) is 7.76. The summed E-state index contributed by atoms with van der Waals surface area (Å²) < 4.78 is 5.36. The molecule has 0 radical (unpaired) electrons. The molecule has 0 aliphatic rings. The van der Waals surface area contributed by atoms with Gasteiger partial charge in [0.15, 0.2) is 0 Å². The Balaban J connectivity index is 3.51. The van der Waals surface area contributed by atoms with Crippen LogP contribution in [0.3, 0.4) is 0 Å². The van der Waals surface area contributed by atoms with E-state index in [1.807, 2.05) is 27.9 Å². The summed E-state index contributed by atoms with van der Waals surface area (Å²) in [6.07, 6.45) is 0.783. The SMILES string of the molecule is CNCCC(=O)N(C)CCOC(C)C. The van der Waals surface area contributed by atoms with E-state index >= 15 is 0 Å². The second-order valence-corrected chi connectivity index (χ2v) is 3.59. The number of carbonyl (C=O) groups is 1. The summed E-state index contributed by atoms with van der Waals surface area (Å²) in [6, 6.07) is 0. The Morgan fingerprint density at radius 1 is 1.50 bits per heavy atom. The molecular weight excluding hydrogens is 180 g/mol. The van der Waals surface area contributed by atoms with Gasteiger partial charge in [0.05, 0.1) is 12.7 Å². The molecule has 0 unspecified atom stereocenters. The molecule has 0 aliphatic heterocycles. The van der Waals surface area contributed by atoms with Gasteiger partial charge in [-0.2, -0.15) is 0 Å². The van der Waals surface area contributed by atoms with Crippen molar-refractivity contribution in [2.75, 3.05) is 33.8 Å². The summed E-state index contributed by atoms with van der Waals surface area (Å²) in [5.41, 5.74) is 0. The molecule has 0 saturated heterocycles. The normalized spacial score (nSPS) is 10.6. The molecule has 4 nitrogen and oxygen atoms in total. The van der Waals surface area contributed by atoms with Gasteiger partial charge in [0.2, 0.25) is 5.91 Å². The quantitative estimate of drug-likeness (QED) is 0.653. The molecule has 0 aromatic heterocycles. The number of hydrogen-bond donors (Lipinski definition) is 1. The highest BCUT2D eigenvalue weighted by Crippen LogP contribution is 1.92. The lowest BCUT2D eigenvalue weighted by molar-refractivity contribution is -0.130. The number of nitrogens with one attached hydrogen (secondary N) is 1. The molecule has 0 heterocycles. The molecule has 1 amide bonds. The van der Waals surface area contributed by atoms with Crippen molar-refractivity contribution >= 4 is 5.91 Å². The van der Waals surface area contributed by atoms with Crippen molar-refractivity contribution in [2.45, 2.75) is 26.4 Å². The molecule has 0 rings (SSSR count). The van der Waals surface area contributed by atoms with Gasteiger partial charge >= 0.3 is 0 Å². The van der Waals surface area contributed by atoms with Crippen LogP contribution in [0.4, 0.5) is 0 Å². The predicted molar refractivity (Wildman–Crippen MR) is 57.3 cm³/mol. The summed E-state index contributed by atoms with van der Waals surface area (Å²) in [7, 11) is 3.65. The number of nitrogens with zero attached hydrogens (tertiary/aromatic N) is 1. The molecule has 0 spiro atoms. The van der Waals surface area contributed by atoms with Gasteiger partial charge in [-0.3, -0.25) is 4.79 Å². The largest absolute Gasteiger partial charge is 0.377 e. The zero-order valence-electron chi connectivity index (χ0n) is 9.67. The fourth-order valence-corrected chi connectivity index (χ4v) is 0.973. The average molecular weight is 202 g/mol. The molecule has 0 aromatic rings. The maximum Gasteiger partial charge on any atom is 0.223 e. The predicted octanol–water partition coefficient (Wildman–Crippen LogP) is 0.479. The summed E-state index contributed by atoms with van der Waals surface area (Å²) >= 11 is 0. The molecule has 4 heteroatoms. The third-order valence-electron chi connectivity index (χ3n) is 1.89. The first kappa shape index (κ1) is 13.4. The Morgan fingerprint density at radius 2 is 2.14 bits per heavy atom. The minimum Gasteiger partial charge on any atom is -0.377 e. The Morgan fingerprint density at radius 3 is 2.64 bits per heavy atom. The number of ether oxygens (including phenoxy) is 1. The monoisotopic (exact) mass is 202 g/mol. The van der Waals surface area contributed by atoms with Crippen molar-refractivity contribution < 1.29 is 9.53 Å². The topological polar surface area (TPSA) is 41.6 Å². The van der Waals surface area contributed by atoms with Gasteiger partial charge in [-0.1, -0.05) is 0 Å². The summed E-state index contributed by atoms with van der Waals surface area (Å²) in [4.78, 5) is 13.1. The standard InChI is InChI=1S/C10H22N2O2/c1-9(2)14-8-7-12(4)10(13)5-6-11-3/h9,11H,5-8H2,1-4H3. The van der Waals surface area contributed by atoms with E-state index in [9.17, 15) is 4.79 Å². The van der Waals surface area contributed by atoms with Gasteiger partial charge in [0.1, 0.15) is 0 Å². The average Bonchev–Trinajstić information content (AvgIpc) is 2.13. The third-order valence-corrected chi connectivity index (χ3v) is 1.89. The molecule has 0 fully saturated rings. The van der Waals surface area contributed by atoms with E-state index in [-0.39, 0.29) is 12.0 Å². The van der Waals surface area contributed by atoms with Gasteiger partial charge in [-0.25, -0.2) is 0 Å². The van der Waals surface area contributed by atoms with Crippen LogP contribution in [0.2, 0.25) is 0 Å². The highest BCUT2D eigenvalue weighted by atomic mass is 16.5. The zero-order valence-corrected chi connectivity index (χ0v) is 9.67. The van der Waals surface area contributed by atoms with Crippen LogP contribution in [-0.4, -0.2) is 50.7 Å². The second-order valence-electron chi connectivity index (χ2n) is 3.59. The molecule has 0 aromatic carbocycles. The molecule has 84 valence electrons. The molecule has 0 atom stereocenters. The Hall–Kier alpha value is -0.610. The number of rotatable bonds is 7. The number of likely N-dealkylation sites (N-methyl/N-ethyl adjacent to an activating group) is 1. The number of carbonyl (C=O) groups excluding carboxylic acids is 1. The van der Waals surface area contributed by atoms with E-state index in [4.69, 9.17) is 4.74 Å². The van der Waals surface area contributed by atoms with Crippen LogP contribution in [0.1, 0.15) is 20.3 Å². The van der Waals surface area contributed by atoms with E-state index in [2.05, 4.69) is 5.32 Å². The lowest BCUT2D eigenvalue weighted by Crippen LogP contribution is -2.32. The van der Waals surface area contributed by atoms with E-state index < -0.39 is 0 Å². The molecule has 0 bridgehead atoms. The third kappa shape index (κ3) is 6.86. The minimum atomic E-state index is 0.159. The van der Waals surface area contributed by atoms with Crippen LogP contribution >= 0.6 is 0 Å². The van der Waals surface area contributed by atoms with Crippen molar-refractivity contribution in [1.82, 2.24) is 10.2 Å². The molecule has 1 N–H and O–H groups in total. The highest BCUT2D eigenvalue weighted by Gasteiger charge is 2.07. The first-order valence-electron chi connectivity index (χ1n) is 5.08. The lowest BCUT2D eigenvalue weighted by atomic mass is 10.3. The Bertz CT molecular complexity index is 160. The Kier molecular flexibility index (Phi) is 7.42. The van der Waals surface area contributed by atoms with Gasteiger partial charge < -0.3 is 15.0 Å². The van der Waals surface area contributed by atoms with Crippen LogP contribution in [-0.2, 0) is 9.53 Å². The maximum atomic E-state index is 11.4. The van der Waals surface area contributed by atoms with Crippen LogP contribution in [0.15, 0.2) is 0 Å². The van der Waals surface area contributed by atoms with Crippen LogP contribution in [0, 0.1) is 0 Å². The molecule has 14 heavy (non-hydrogen) atoms. The van der Waals surface area contributed by atoms with Gasteiger partial charge in [0, 0.05) is 26.6 Å². The van der Waals surface area contributed by atoms with Gasteiger partial charge in [-0.15, -0.1) is 0 Å². The van der Waals surface area contributed by atoms with E-state index in [0.717, 1.165) is 6.54 Å². The summed E-state index contributed by atoms with van der Waals surface area (Å²) in [5.74, 6) is 0.159. The van der Waals surface area contributed by atoms with Crippen molar-refractivity contribution in [2.24, 2.45) is 0 Å². The van der Waals surface area contributed by atoms with E-state index in [0.29, 0.717) is 19.6 Å². The lowest BCUT2D eigenvalue weighted by Gasteiger charge is -2.17. The summed E-state index contributed by atoms with van der Waals surface area (Å²) in [5, 5.41) is 2.95. The van der Waals surface area contributed by atoms with E-state index in [1.165, 1.54) is 0 Å².